The maximum absolute atomic E-state index is 11.3. The minimum atomic E-state index is -3.78. The highest BCUT2D eigenvalue weighted by molar-refractivity contribution is 8.13. The van der Waals surface area contributed by atoms with Crippen LogP contribution in [0.2, 0.25) is 0 Å². The molecule has 0 amide bonds. The van der Waals surface area contributed by atoms with Crippen molar-refractivity contribution < 1.29 is 13.3 Å². The lowest BCUT2D eigenvalue weighted by Crippen LogP contribution is -1.88. The first-order valence-corrected chi connectivity index (χ1v) is 8.54. The van der Waals surface area contributed by atoms with Crippen LogP contribution < -0.4 is 0 Å². The van der Waals surface area contributed by atoms with E-state index in [4.69, 9.17) is 10.7 Å². The molecule has 8 heteroatoms. The molecule has 1 heterocycles. The molecule has 0 fully saturated rings. The third-order valence-electron chi connectivity index (χ3n) is 2.92. The Kier molecular flexibility index (Phi) is 2.93. The molecule has 0 radical (unpaired) electrons. The molecule has 3 aromatic rings. The van der Waals surface area contributed by atoms with Crippen LogP contribution in [0.25, 0.3) is 20.2 Å². The van der Waals surface area contributed by atoms with Gasteiger partial charge in [-0.3, -0.25) is 10.1 Å². The molecule has 0 spiro atoms. The number of non-ortho nitro benzene ring substituents is 1. The molecule has 0 aliphatic rings. The lowest BCUT2D eigenvalue weighted by molar-refractivity contribution is -0.384. The molecule has 0 saturated carbocycles. The average molecular weight is 328 g/mol. The fraction of sp³-hybridized carbons (Fsp3) is 0. The lowest BCUT2D eigenvalue weighted by atomic mass is 10.1. The summed E-state index contributed by atoms with van der Waals surface area (Å²) in [5, 5.41) is 12.3. The number of hydrogen-bond acceptors (Lipinski definition) is 5. The summed E-state index contributed by atoms with van der Waals surface area (Å²) in [6, 6.07) is 9.07. The molecule has 0 saturated heterocycles. The van der Waals surface area contributed by atoms with E-state index in [-0.39, 0.29) is 10.6 Å². The van der Waals surface area contributed by atoms with Gasteiger partial charge in [0.05, 0.1) is 9.82 Å². The van der Waals surface area contributed by atoms with Gasteiger partial charge in [0.2, 0.25) is 0 Å². The van der Waals surface area contributed by atoms with Gasteiger partial charge in [0, 0.05) is 43.0 Å². The van der Waals surface area contributed by atoms with E-state index in [2.05, 4.69) is 0 Å². The number of nitro benzene ring substituents is 1. The van der Waals surface area contributed by atoms with Crippen LogP contribution in [0.4, 0.5) is 5.69 Å². The monoisotopic (exact) mass is 327 g/mol. The van der Waals surface area contributed by atoms with E-state index < -0.39 is 14.0 Å². The summed E-state index contributed by atoms with van der Waals surface area (Å²) in [6.07, 6.45) is 0. The van der Waals surface area contributed by atoms with Crippen molar-refractivity contribution in [2.75, 3.05) is 0 Å². The number of fused-ring (bicyclic) bond motifs is 3. The second-order valence-electron chi connectivity index (χ2n) is 4.14. The molecule has 1 aromatic heterocycles. The van der Waals surface area contributed by atoms with E-state index >= 15 is 0 Å². The highest BCUT2D eigenvalue weighted by atomic mass is 35.7. The van der Waals surface area contributed by atoms with Crippen molar-refractivity contribution in [1.29, 1.82) is 0 Å². The molecule has 0 bridgehead atoms. The first-order chi connectivity index (χ1) is 9.36. The van der Waals surface area contributed by atoms with Crippen LogP contribution in [0.3, 0.4) is 0 Å². The van der Waals surface area contributed by atoms with Crippen molar-refractivity contribution in [1.82, 2.24) is 0 Å². The summed E-state index contributed by atoms with van der Waals surface area (Å²) in [7, 11) is 1.53. The first-order valence-electron chi connectivity index (χ1n) is 5.41. The van der Waals surface area contributed by atoms with E-state index in [1.165, 1.54) is 35.6 Å². The molecule has 3 rings (SSSR count). The van der Waals surface area contributed by atoms with E-state index in [0.717, 1.165) is 20.2 Å². The van der Waals surface area contributed by atoms with Gasteiger partial charge in [-0.25, -0.2) is 8.42 Å². The smallest absolute Gasteiger partial charge is 0.258 e. The SMILES string of the molecule is O=[N+]([O-])c1ccc2sc3cc(S(=O)(=O)Cl)ccc3c2c1. The topological polar surface area (TPSA) is 77.3 Å². The maximum Gasteiger partial charge on any atom is 0.270 e. The van der Waals surface area contributed by atoms with Crippen LogP contribution in [0.1, 0.15) is 0 Å². The van der Waals surface area contributed by atoms with Crippen molar-refractivity contribution in [3.05, 3.63) is 46.5 Å². The summed E-state index contributed by atoms with van der Waals surface area (Å²) in [6.45, 7) is 0. The molecule has 0 aliphatic carbocycles. The molecule has 0 atom stereocenters. The molecular formula is C12H6ClNO4S2. The predicted octanol–water partition coefficient (Wildman–Crippen LogP) is 3.89. The Morgan fingerprint density at radius 1 is 1.05 bits per heavy atom. The Bertz CT molecular complexity index is 962. The van der Waals surface area contributed by atoms with Gasteiger partial charge in [-0.05, 0) is 18.2 Å². The van der Waals surface area contributed by atoms with Crippen molar-refractivity contribution in [2.45, 2.75) is 4.90 Å². The third-order valence-corrected chi connectivity index (χ3v) is 5.40. The second-order valence-corrected chi connectivity index (χ2v) is 7.79. The van der Waals surface area contributed by atoms with E-state index in [0.29, 0.717) is 0 Å². The van der Waals surface area contributed by atoms with Gasteiger partial charge in [0.1, 0.15) is 0 Å². The van der Waals surface area contributed by atoms with E-state index in [1.54, 1.807) is 12.1 Å². The van der Waals surface area contributed by atoms with Crippen LogP contribution >= 0.6 is 22.0 Å². The van der Waals surface area contributed by atoms with Gasteiger partial charge in [-0.15, -0.1) is 11.3 Å². The fourth-order valence-corrected chi connectivity index (χ4v) is 3.99. The molecule has 0 N–H and O–H groups in total. The summed E-state index contributed by atoms with van der Waals surface area (Å²) < 4.78 is 24.2. The third kappa shape index (κ3) is 2.13. The predicted molar refractivity (Wildman–Crippen MR) is 79.0 cm³/mol. The number of nitrogens with zero attached hydrogens (tertiary/aromatic N) is 1. The standard InChI is InChI=1S/C12H6ClNO4S2/c13-20(17,18)8-2-3-9-10-5-7(14(15)16)1-4-11(10)19-12(9)6-8/h1-6H. The fourth-order valence-electron chi connectivity index (χ4n) is 2.01. The highest BCUT2D eigenvalue weighted by Crippen LogP contribution is 2.37. The minimum absolute atomic E-state index is 0.00578. The van der Waals surface area contributed by atoms with Crippen molar-refractivity contribution >= 4 is 56.9 Å². The maximum atomic E-state index is 11.3. The Morgan fingerprint density at radius 2 is 1.80 bits per heavy atom. The molecular weight excluding hydrogens is 322 g/mol. The highest BCUT2D eigenvalue weighted by Gasteiger charge is 2.14. The number of thiophene rings is 1. The quantitative estimate of drug-likeness (QED) is 0.406. The van der Waals surface area contributed by atoms with Crippen LogP contribution in [-0.2, 0) is 9.05 Å². The van der Waals surface area contributed by atoms with Gasteiger partial charge in [0.25, 0.3) is 14.7 Å². The lowest BCUT2D eigenvalue weighted by Gasteiger charge is -1.96. The zero-order chi connectivity index (χ0) is 14.5. The number of nitro groups is 1. The van der Waals surface area contributed by atoms with Crippen molar-refractivity contribution in [3.8, 4) is 0 Å². The van der Waals surface area contributed by atoms with Crippen molar-refractivity contribution in [2.24, 2.45) is 0 Å². The number of benzene rings is 2. The average Bonchev–Trinajstić information content (AvgIpc) is 2.74. The van der Waals surface area contributed by atoms with Gasteiger partial charge in [-0.2, -0.15) is 0 Å². The van der Waals surface area contributed by atoms with Gasteiger partial charge in [0.15, 0.2) is 0 Å². The van der Waals surface area contributed by atoms with Crippen LogP contribution in [0.5, 0.6) is 0 Å². The number of halogens is 1. The summed E-state index contributed by atoms with van der Waals surface area (Å²) in [5.74, 6) is 0. The Balaban J connectivity index is 2.34. The van der Waals surface area contributed by atoms with Gasteiger partial charge >= 0.3 is 0 Å². The normalized spacial score (nSPS) is 12.1. The summed E-state index contributed by atoms with van der Waals surface area (Å²) >= 11 is 1.37. The molecule has 0 unspecified atom stereocenters. The van der Waals surface area contributed by atoms with Crippen LogP contribution in [0.15, 0.2) is 41.3 Å². The molecule has 0 aliphatic heterocycles. The van der Waals surface area contributed by atoms with Crippen molar-refractivity contribution in [3.63, 3.8) is 0 Å². The summed E-state index contributed by atoms with van der Waals surface area (Å²) in [5.41, 5.74) is 0.00578. The Labute approximate surface area is 122 Å². The van der Waals surface area contributed by atoms with Gasteiger partial charge < -0.3 is 0 Å². The zero-order valence-electron chi connectivity index (χ0n) is 9.74. The van der Waals surface area contributed by atoms with Gasteiger partial charge in [-0.1, -0.05) is 6.07 Å². The largest absolute Gasteiger partial charge is 0.270 e. The number of rotatable bonds is 2. The first kappa shape index (κ1) is 13.3. The minimum Gasteiger partial charge on any atom is -0.258 e. The Hall–Kier alpha value is -1.70. The molecule has 102 valence electrons. The van der Waals surface area contributed by atoms with Crippen LogP contribution in [0, 0.1) is 10.1 Å². The molecule has 20 heavy (non-hydrogen) atoms. The Morgan fingerprint density at radius 3 is 2.45 bits per heavy atom. The molecule has 5 nitrogen and oxygen atoms in total. The van der Waals surface area contributed by atoms with Crippen LogP contribution in [-0.4, -0.2) is 13.3 Å². The molecule has 2 aromatic carbocycles. The number of hydrogen-bond donors (Lipinski definition) is 0. The second kappa shape index (κ2) is 4.41. The zero-order valence-corrected chi connectivity index (χ0v) is 12.1. The van der Waals surface area contributed by atoms with E-state index in [9.17, 15) is 18.5 Å². The summed E-state index contributed by atoms with van der Waals surface area (Å²) in [4.78, 5) is 10.4. The van der Waals surface area contributed by atoms with E-state index in [1.807, 2.05) is 0 Å².